The largest absolute Gasteiger partial charge is 0.491 e. The fraction of sp³-hybridized carbons (Fsp3) is 0.345. The van der Waals surface area contributed by atoms with Crippen LogP contribution in [0.2, 0.25) is 0 Å². The summed E-state index contributed by atoms with van der Waals surface area (Å²) >= 11 is 0. The Bertz CT molecular complexity index is 1270. The second-order valence-corrected chi connectivity index (χ2v) is 10.9. The summed E-state index contributed by atoms with van der Waals surface area (Å²) in [5.41, 5.74) is 2.91. The number of hydrogen-bond donors (Lipinski definition) is 2. The Morgan fingerprint density at radius 1 is 0.974 bits per heavy atom. The first-order valence-electron chi connectivity index (χ1n) is 12.7. The zero-order chi connectivity index (χ0) is 26.8. The third-order valence-electron chi connectivity index (χ3n) is 6.24. The highest BCUT2D eigenvalue weighted by Gasteiger charge is 2.30. The van der Waals surface area contributed by atoms with Crippen LogP contribution in [0, 0.1) is 0 Å². The molecule has 3 aromatic carbocycles. The van der Waals surface area contributed by atoms with Gasteiger partial charge in [-0.1, -0.05) is 60.7 Å². The van der Waals surface area contributed by atoms with Crippen molar-refractivity contribution < 1.29 is 26.9 Å². The Morgan fingerprint density at radius 3 is 2.39 bits per heavy atom. The average molecular weight is 539 g/mol. The van der Waals surface area contributed by atoms with Crippen molar-refractivity contribution in [1.82, 2.24) is 5.32 Å². The predicted molar refractivity (Wildman–Crippen MR) is 147 cm³/mol. The SMILES string of the molecule is CS(=O)(=O)OC(CNC1CCCc2ccccc2C1OCC(=O)Nc1ccccc1)COc1ccccc1. The van der Waals surface area contributed by atoms with Gasteiger partial charge in [-0.3, -0.25) is 8.98 Å². The Balaban J connectivity index is 1.45. The number of fused-ring (bicyclic) bond motifs is 1. The van der Waals surface area contributed by atoms with E-state index in [-0.39, 0.29) is 31.7 Å². The fourth-order valence-corrected chi connectivity index (χ4v) is 5.19. The van der Waals surface area contributed by atoms with Crippen molar-refractivity contribution in [3.05, 3.63) is 96.1 Å². The summed E-state index contributed by atoms with van der Waals surface area (Å²) in [6, 6.07) is 26.3. The standard InChI is InChI=1S/C29H34N2O6S/c1-38(33,34)37-25(20-35-24-15-6-3-7-16-24)19-30-27-18-10-12-22-11-8-9-17-26(22)29(27)36-21-28(32)31-23-13-4-2-5-14-23/h2-9,11,13-17,25,27,29-30H,10,12,18-21H2,1H3,(H,31,32). The zero-order valence-electron chi connectivity index (χ0n) is 21.4. The van der Waals surface area contributed by atoms with Gasteiger partial charge in [0, 0.05) is 18.3 Å². The van der Waals surface area contributed by atoms with Gasteiger partial charge >= 0.3 is 0 Å². The van der Waals surface area contributed by atoms with Gasteiger partial charge < -0.3 is 20.1 Å². The Labute approximate surface area is 224 Å². The van der Waals surface area contributed by atoms with E-state index >= 15 is 0 Å². The van der Waals surface area contributed by atoms with Gasteiger partial charge in [0.2, 0.25) is 5.91 Å². The lowest BCUT2D eigenvalue weighted by Gasteiger charge is -2.29. The number of ether oxygens (including phenoxy) is 2. The molecule has 38 heavy (non-hydrogen) atoms. The van der Waals surface area contributed by atoms with Gasteiger partial charge in [-0.25, -0.2) is 0 Å². The minimum absolute atomic E-state index is 0.0540. The smallest absolute Gasteiger partial charge is 0.264 e. The van der Waals surface area contributed by atoms with Crippen LogP contribution in [0.25, 0.3) is 0 Å². The van der Waals surface area contributed by atoms with Crippen molar-refractivity contribution in [2.45, 2.75) is 37.5 Å². The van der Waals surface area contributed by atoms with Crippen LogP contribution in [0.1, 0.15) is 30.1 Å². The monoisotopic (exact) mass is 538 g/mol. The van der Waals surface area contributed by atoms with Crippen LogP contribution < -0.4 is 15.4 Å². The van der Waals surface area contributed by atoms with E-state index in [9.17, 15) is 13.2 Å². The van der Waals surface area contributed by atoms with Crippen LogP contribution in [0.3, 0.4) is 0 Å². The van der Waals surface area contributed by atoms with Crippen LogP contribution in [-0.2, 0) is 30.3 Å². The molecule has 1 aliphatic carbocycles. The molecule has 0 fully saturated rings. The first-order valence-corrected chi connectivity index (χ1v) is 14.5. The number of rotatable bonds is 12. The molecule has 0 saturated heterocycles. The van der Waals surface area contributed by atoms with E-state index in [1.165, 1.54) is 5.56 Å². The molecule has 8 nitrogen and oxygen atoms in total. The fourth-order valence-electron chi connectivity index (χ4n) is 4.58. The molecule has 4 rings (SSSR count). The van der Waals surface area contributed by atoms with Crippen molar-refractivity contribution in [2.75, 3.05) is 31.3 Å². The first kappa shape index (κ1) is 27.8. The minimum Gasteiger partial charge on any atom is -0.491 e. The number of amides is 1. The van der Waals surface area contributed by atoms with Crippen LogP contribution in [0.15, 0.2) is 84.9 Å². The summed E-state index contributed by atoms with van der Waals surface area (Å²) in [6.07, 6.45) is 2.48. The summed E-state index contributed by atoms with van der Waals surface area (Å²) in [4.78, 5) is 12.6. The van der Waals surface area contributed by atoms with E-state index < -0.39 is 22.3 Å². The number of nitrogens with one attached hydrogen (secondary N) is 2. The van der Waals surface area contributed by atoms with Crippen molar-refractivity contribution >= 4 is 21.7 Å². The van der Waals surface area contributed by atoms with Crippen LogP contribution in [0.5, 0.6) is 5.75 Å². The molecule has 2 N–H and O–H groups in total. The molecule has 202 valence electrons. The molecule has 3 unspecified atom stereocenters. The number of hydrogen-bond acceptors (Lipinski definition) is 7. The van der Waals surface area contributed by atoms with Gasteiger partial charge in [0.15, 0.2) is 0 Å². The molecule has 0 radical (unpaired) electrons. The second kappa shape index (κ2) is 13.5. The van der Waals surface area contributed by atoms with Crippen molar-refractivity contribution in [3.8, 4) is 5.75 Å². The Hall–Kier alpha value is -3.24. The molecule has 0 aliphatic heterocycles. The normalized spacial score (nSPS) is 18.1. The van der Waals surface area contributed by atoms with E-state index in [1.807, 2.05) is 66.7 Å². The molecule has 0 saturated carbocycles. The van der Waals surface area contributed by atoms with Crippen molar-refractivity contribution in [3.63, 3.8) is 0 Å². The molecular weight excluding hydrogens is 504 g/mol. The minimum atomic E-state index is -3.71. The van der Waals surface area contributed by atoms with Crippen molar-refractivity contribution in [1.29, 1.82) is 0 Å². The molecule has 9 heteroatoms. The number of anilines is 1. The summed E-state index contributed by atoms with van der Waals surface area (Å²) in [5, 5.41) is 6.32. The molecule has 3 aromatic rings. The van der Waals surface area contributed by atoms with E-state index in [4.69, 9.17) is 13.7 Å². The molecule has 1 amide bonds. The number of benzene rings is 3. The number of carbonyl (C=O) groups excluding carboxylic acids is 1. The average Bonchev–Trinajstić information content (AvgIpc) is 3.08. The molecular formula is C29H34N2O6S. The summed E-state index contributed by atoms with van der Waals surface area (Å²) in [6.45, 7) is 0.160. The lowest BCUT2D eigenvalue weighted by atomic mass is 9.98. The van der Waals surface area contributed by atoms with Gasteiger partial charge in [-0.2, -0.15) is 8.42 Å². The highest BCUT2D eigenvalue weighted by molar-refractivity contribution is 7.86. The number of para-hydroxylation sites is 2. The van der Waals surface area contributed by atoms with E-state index in [2.05, 4.69) is 16.7 Å². The molecule has 0 aromatic heterocycles. The lowest BCUT2D eigenvalue weighted by Crippen LogP contribution is -2.43. The molecule has 3 atom stereocenters. The zero-order valence-corrected chi connectivity index (χ0v) is 22.2. The van der Waals surface area contributed by atoms with E-state index in [1.54, 1.807) is 12.1 Å². The predicted octanol–water partition coefficient (Wildman–Crippen LogP) is 4.10. The van der Waals surface area contributed by atoms with Crippen molar-refractivity contribution in [2.24, 2.45) is 0 Å². The second-order valence-electron chi connectivity index (χ2n) is 9.30. The maximum Gasteiger partial charge on any atom is 0.264 e. The maximum atomic E-state index is 12.6. The summed E-state index contributed by atoms with van der Waals surface area (Å²) in [5.74, 6) is 0.384. The quantitative estimate of drug-likeness (QED) is 0.264. The molecule has 0 spiro atoms. The van der Waals surface area contributed by atoms with Crippen LogP contribution >= 0.6 is 0 Å². The summed E-state index contributed by atoms with van der Waals surface area (Å²) < 4.78 is 41.2. The third kappa shape index (κ3) is 8.66. The molecule has 0 heterocycles. The highest BCUT2D eigenvalue weighted by atomic mass is 32.2. The summed E-state index contributed by atoms with van der Waals surface area (Å²) in [7, 11) is -3.71. The van der Waals surface area contributed by atoms with Crippen LogP contribution in [0.4, 0.5) is 5.69 Å². The number of carbonyl (C=O) groups is 1. The van der Waals surface area contributed by atoms with E-state index in [0.29, 0.717) is 11.4 Å². The third-order valence-corrected chi connectivity index (χ3v) is 6.86. The molecule has 1 aliphatic rings. The van der Waals surface area contributed by atoms with E-state index in [0.717, 1.165) is 31.1 Å². The lowest BCUT2D eigenvalue weighted by molar-refractivity contribution is -0.123. The first-order chi connectivity index (χ1) is 18.4. The highest BCUT2D eigenvalue weighted by Crippen LogP contribution is 2.32. The van der Waals surface area contributed by atoms with Crippen LogP contribution in [-0.4, -0.2) is 52.5 Å². The molecule has 0 bridgehead atoms. The van der Waals surface area contributed by atoms with Gasteiger partial charge in [0.05, 0.1) is 12.4 Å². The van der Waals surface area contributed by atoms with Gasteiger partial charge in [-0.05, 0) is 54.7 Å². The maximum absolute atomic E-state index is 12.6. The Morgan fingerprint density at radius 2 is 1.66 bits per heavy atom. The van der Waals surface area contributed by atoms with Gasteiger partial charge in [-0.15, -0.1) is 0 Å². The number of aryl methyl sites for hydroxylation is 1. The van der Waals surface area contributed by atoms with Gasteiger partial charge in [0.1, 0.15) is 25.1 Å². The Kier molecular flexibility index (Phi) is 9.89. The topological polar surface area (TPSA) is 103 Å². The van der Waals surface area contributed by atoms with Gasteiger partial charge in [0.25, 0.3) is 10.1 Å².